The van der Waals surface area contributed by atoms with Crippen LogP contribution < -0.4 is 4.90 Å². The molecule has 3 rings (SSSR count). The van der Waals surface area contributed by atoms with Crippen molar-refractivity contribution in [2.75, 3.05) is 12.0 Å². The Balaban J connectivity index is 1.92. The number of ether oxygens (including phenoxy) is 1. The molecule has 2 aromatic carbocycles. The highest BCUT2D eigenvalue weighted by Crippen LogP contribution is 2.32. The summed E-state index contributed by atoms with van der Waals surface area (Å²) in [4.78, 5) is 36.1. The molecule has 2 aromatic rings. The van der Waals surface area contributed by atoms with Gasteiger partial charge < -0.3 is 9.64 Å². The Morgan fingerprint density at radius 3 is 2.76 bits per heavy atom. The predicted molar refractivity (Wildman–Crippen MR) is 90.4 cm³/mol. The minimum Gasteiger partial charge on any atom is -0.465 e. The number of methoxy groups -OCH3 is 1. The molecule has 0 atom stereocenters. The van der Waals surface area contributed by atoms with Gasteiger partial charge >= 0.3 is 5.97 Å². The average molecular weight is 340 g/mol. The summed E-state index contributed by atoms with van der Waals surface area (Å²) >= 11 is 0. The molecule has 0 saturated heterocycles. The van der Waals surface area contributed by atoms with Crippen molar-refractivity contribution in [2.45, 2.75) is 19.4 Å². The van der Waals surface area contributed by atoms with Crippen molar-refractivity contribution >= 4 is 23.3 Å². The van der Waals surface area contributed by atoms with Gasteiger partial charge in [-0.05, 0) is 35.7 Å². The monoisotopic (exact) mass is 340 g/mol. The summed E-state index contributed by atoms with van der Waals surface area (Å²) in [6, 6.07) is 11.4. The van der Waals surface area contributed by atoms with Crippen LogP contribution in [0.25, 0.3) is 0 Å². The SMILES string of the molecule is COC(=O)c1cccc(CN2C(=O)CCc3cc([N+](=O)[O-])ccc32)c1. The van der Waals surface area contributed by atoms with Gasteiger partial charge in [0.2, 0.25) is 5.91 Å². The number of nitro benzene ring substituents is 1. The molecule has 7 heteroatoms. The van der Waals surface area contributed by atoms with Crippen molar-refractivity contribution in [3.8, 4) is 0 Å². The minimum atomic E-state index is -0.444. The predicted octanol–water partition coefficient (Wildman–Crippen LogP) is 2.86. The summed E-state index contributed by atoms with van der Waals surface area (Å²) in [6.45, 7) is 0.286. The number of non-ortho nitro benzene ring substituents is 1. The zero-order valence-electron chi connectivity index (χ0n) is 13.6. The highest BCUT2D eigenvalue weighted by Gasteiger charge is 2.26. The second-order valence-electron chi connectivity index (χ2n) is 5.74. The summed E-state index contributed by atoms with van der Waals surface area (Å²) in [5, 5.41) is 10.9. The largest absolute Gasteiger partial charge is 0.465 e. The second kappa shape index (κ2) is 6.72. The van der Waals surface area contributed by atoms with E-state index in [0.29, 0.717) is 24.1 Å². The zero-order valence-corrected chi connectivity index (χ0v) is 13.6. The molecule has 0 saturated carbocycles. The van der Waals surface area contributed by atoms with Crippen LogP contribution in [0.4, 0.5) is 11.4 Å². The first-order valence-electron chi connectivity index (χ1n) is 7.74. The molecule has 128 valence electrons. The first-order chi connectivity index (χ1) is 12.0. The van der Waals surface area contributed by atoms with Crippen LogP contribution in [-0.2, 0) is 22.5 Å². The first-order valence-corrected chi connectivity index (χ1v) is 7.74. The van der Waals surface area contributed by atoms with E-state index in [0.717, 1.165) is 11.1 Å². The number of amides is 1. The fourth-order valence-electron chi connectivity index (χ4n) is 2.93. The average Bonchev–Trinajstić information content (AvgIpc) is 2.63. The van der Waals surface area contributed by atoms with E-state index >= 15 is 0 Å². The number of carbonyl (C=O) groups is 2. The summed E-state index contributed by atoms with van der Waals surface area (Å²) in [5.41, 5.74) is 2.65. The van der Waals surface area contributed by atoms with E-state index in [-0.39, 0.29) is 18.1 Å². The van der Waals surface area contributed by atoms with Crippen LogP contribution in [0.1, 0.15) is 27.9 Å². The molecule has 0 radical (unpaired) electrons. The van der Waals surface area contributed by atoms with Crippen LogP contribution >= 0.6 is 0 Å². The number of esters is 1. The summed E-state index contributed by atoms with van der Waals surface area (Å²) in [7, 11) is 1.31. The van der Waals surface area contributed by atoms with Crippen molar-refractivity contribution in [2.24, 2.45) is 0 Å². The standard InChI is InChI=1S/C18H16N2O5/c1-25-18(22)14-4-2-3-12(9-14)11-19-16-7-6-15(20(23)24)10-13(16)5-8-17(19)21/h2-4,6-7,9-10H,5,8,11H2,1H3. The lowest BCUT2D eigenvalue weighted by atomic mass is 9.99. The van der Waals surface area contributed by atoms with E-state index in [9.17, 15) is 19.7 Å². The van der Waals surface area contributed by atoms with E-state index in [2.05, 4.69) is 0 Å². The lowest BCUT2D eigenvalue weighted by Crippen LogP contribution is -2.34. The Kier molecular flexibility index (Phi) is 4.47. The van der Waals surface area contributed by atoms with E-state index in [1.807, 2.05) is 6.07 Å². The molecular formula is C18H16N2O5. The third-order valence-corrected chi connectivity index (χ3v) is 4.16. The highest BCUT2D eigenvalue weighted by atomic mass is 16.6. The smallest absolute Gasteiger partial charge is 0.337 e. The number of nitro groups is 1. The van der Waals surface area contributed by atoms with Gasteiger partial charge in [-0.25, -0.2) is 4.79 Å². The quantitative estimate of drug-likeness (QED) is 0.485. The molecule has 1 aliphatic rings. The normalized spacial score (nSPS) is 13.3. The summed E-state index contributed by atoms with van der Waals surface area (Å²) in [5.74, 6) is -0.493. The molecule has 0 unspecified atom stereocenters. The number of benzene rings is 2. The van der Waals surface area contributed by atoms with Crippen LogP contribution in [0.5, 0.6) is 0 Å². The lowest BCUT2D eigenvalue weighted by Gasteiger charge is -2.29. The number of fused-ring (bicyclic) bond motifs is 1. The van der Waals surface area contributed by atoms with E-state index in [1.165, 1.54) is 19.2 Å². The number of rotatable bonds is 4. The van der Waals surface area contributed by atoms with Crippen molar-refractivity contribution in [1.82, 2.24) is 0 Å². The summed E-state index contributed by atoms with van der Waals surface area (Å²) < 4.78 is 4.71. The molecule has 0 bridgehead atoms. The van der Waals surface area contributed by atoms with Crippen molar-refractivity contribution < 1.29 is 19.2 Å². The molecule has 1 amide bonds. The van der Waals surface area contributed by atoms with Crippen molar-refractivity contribution in [3.05, 3.63) is 69.3 Å². The third-order valence-electron chi connectivity index (χ3n) is 4.16. The Morgan fingerprint density at radius 1 is 1.24 bits per heavy atom. The molecule has 0 aliphatic carbocycles. The Morgan fingerprint density at radius 2 is 2.04 bits per heavy atom. The molecule has 7 nitrogen and oxygen atoms in total. The molecule has 25 heavy (non-hydrogen) atoms. The molecule has 0 spiro atoms. The van der Waals surface area contributed by atoms with Crippen LogP contribution in [0, 0.1) is 10.1 Å². The third kappa shape index (κ3) is 3.35. The lowest BCUT2D eigenvalue weighted by molar-refractivity contribution is -0.384. The Labute approximate surface area is 144 Å². The number of hydrogen-bond donors (Lipinski definition) is 0. The first kappa shape index (κ1) is 16.6. The van der Waals surface area contributed by atoms with Gasteiger partial charge in [0, 0.05) is 24.2 Å². The van der Waals surface area contributed by atoms with Crippen LogP contribution in [0.2, 0.25) is 0 Å². The fourth-order valence-corrected chi connectivity index (χ4v) is 2.93. The van der Waals surface area contributed by atoms with Gasteiger partial charge in [-0.1, -0.05) is 12.1 Å². The van der Waals surface area contributed by atoms with Gasteiger partial charge in [-0.2, -0.15) is 0 Å². The van der Waals surface area contributed by atoms with Gasteiger partial charge in [-0.15, -0.1) is 0 Å². The van der Waals surface area contributed by atoms with Crippen molar-refractivity contribution in [1.29, 1.82) is 0 Å². The number of carbonyl (C=O) groups excluding carboxylic acids is 2. The molecule has 0 N–H and O–H groups in total. The molecule has 0 aromatic heterocycles. The van der Waals surface area contributed by atoms with Gasteiger partial charge in [-0.3, -0.25) is 14.9 Å². The number of anilines is 1. The van der Waals surface area contributed by atoms with Gasteiger partial charge in [0.1, 0.15) is 0 Å². The molecule has 1 heterocycles. The second-order valence-corrected chi connectivity index (χ2v) is 5.74. The maximum absolute atomic E-state index is 12.4. The van der Waals surface area contributed by atoms with E-state index in [4.69, 9.17) is 4.74 Å². The maximum atomic E-state index is 12.4. The molecule has 1 aliphatic heterocycles. The topological polar surface area (TPSA) is 89.8 Å². The van der Waals surface area contributed by atoms with Crippen LogP contribution in [0.15, 0.2) is 42.5 Å². The highest BCUT2D eigenvalue weighted by molar-refractivity contribution is 5.96. The molecular weight excluding hydrogens is 324 g/mol. The minimum absolute atomic E-state index is 0.0146. The Bertz CT molecular complexity index is 862. The Hall–Kier alpha value is -3.22. The van der Waals surface area contributed by atoms with Gasteiger partial charge in [0.05, 0.1) is 24.1 Å². The zero-order chi connectivity index (χ0) is 18.0. The van der Waals surface area contributed by atoms with Crippen molar-refractivity contribution in [3.63, 3.8) is 0 Å². The molecule has 0 fully saturated rings. The van der Waals surface area contributed by atoms with Gasteiger partial charge in [0.15, 0.2) is 0 Å². The van der Waals surface area contributed by atoms with E-state index in [1.54, 1.807) is 29.2 Å². The van der Waals surface area contributed by atoms with E-state index < -0.39 is 10.9 Å². The fraction of sp³-hybridized carbons (Fsp3) is 0.222. The number of aryl methyl sites for hydroxylation is 1. The number of nitrogens with zero attached hydrogens (tertiary/aromatic N) is 2. The van der Waals surface area contributed by atoms with Gasteiger partial charge in [0.25, 0.3) is 5.69 Å². The summed E-state index contributed by atoms with van der Waals surface area (Å²) in [6.07, 6.45) is 0.777. The number of hydrogen-bond acceptors (Lipinski definition) is 5. The van der Waals surface area contributed by atoms with Crippen LogP contribution in [0.3, 0.4) is 0 Å². The van der Waals surface area contributed by atoms with Crippen LogP contribution in [-0.4, -0.2) is 23.9 Å². The maximum Gasteiger partial charge on any atom is 0.337 e.